The molecule has 2 fully saturated rings. The number of likely N-dealkylation sites (tertiary alicyclic amines) is 1. The first-order valence-corrected chi connectivity index (χ1v) is 8.88. The maximum Gasteiger partial charge on any atom is 0.317 e. The van der Waals surface area contributed by atoms with E-state index in [-0.39, 0.29) is 11.6 Å². The third-order valence-electron chi connectivity index (χ3n) is 5.61. The fraction of sp³-hybridized carbons (Fsp3) is 0.882. The minimum Gasteiger partial charge on any atom is -0.481 e. The summed E-state index contributed by atoms with van der Waals surface area (Å²) < 4.78 is 0. The van der Waals surface area contributed by atoms with Crippen molar-refractivity contribution in [2.45, 2.75) is 56.9 Å². The molecule has 0 spiro atoms. The molecule has 6 heteroatoms. The smallest absolute Gasteiger partial charge is 0.317 e. The van der Waals surface area contributed by atoms with E-state index in [1.165, 1.54) is 25.7 Å². The van der Waals surface area contributed by atoms with Gasteiger partial charge in [0.1, 0.15) is 0 Å². The van der Waals surface area contributed by atoms with Crippen LogP contribution in [0.3, 0.4) is 0 Å². The number of piperidine rings is 1. The van der Waals surface area contributed by atoms with Gasteiger partial charge in [0, 0.05) is 25.2 Å². The van der Waals surface area contributed by atoms with Gasteiger partial charge in [0.05, 0.1) is 5.92 Å². The number of amides is 2. The number of urea groups is 1. The van der Waals surface area contributed by atoms with E-state index < -0.39 is 11.9 Å². The summed E-state index contributed by atoms with van der Waals surface area (Å²) in [6.45, 7) is 1.63. The van der Waals surface area contributed by atoms with Gasteiger partial charge in [-0.3, -0.25) is 4.79 Å². The second-order valence-electron chi connectivity index (χ2n) is 7.32. The van der Waals surface area contributed by atoms with E-state index in [1.54, 1.807) is 4.90 Å². The van der Waals surface area contributed by atoms with Gasteiger partial charge in [0.15, 0.2) is 0 Å². The Morgan fingerprint density at radius 3 is 2.39 bits per heavy atom. The highest BCUT2D eigenvalue weighted by atomic mass is 16.4. The Bertz CT molecular complexity index is 417. The second-order valence-corrected chi connectivity index (χ2v) is 7.32. The third-order valence-corrected chi connectivity index (χ3v) is 5.61. The molecule has 0 aromatic carbocycles. The predicted octanol–water partition coefficient (Wildman–Crippen LogP) is 2.15. The molecule has 6 nitrogen and oxygen atoms in total. The number of rotatable bonds is 4. The van der Waals surface area contributed by atoms with E-state index in [9.17, 15) is 9.59 Å². The summed E-state index contributed by atoms with van der Waals surface area (Å²) in [7, 11) is 4.19. The first kappa shape index (κ1) is 18.0. The minimum atomic E-state index is -0.795. The molecule has 1 unspecified atom stereocenters. The van der Waals surface area contributed by atoms with E-state index in [1.807, 2.05) is 0 Å². The number of nitrogens with zero attached hydrogens (tertiary/aromatic N) is 2. The van der Waals surface area contributed by atoms with Crippen LogP contribution in [0.15, 0.2) is 0 Å². The van der Waals surface area contributed by atoms with Crippen molar-refractivity contribution in [3.05, 3.63) is 0 Å². The average molecular weight is 325 g/mol. The van der Waals surface area contributed by atoms with Gasteiger partial charge in [0.2, 0.25) is 0 Å². The Balaban J connectivity index is 1.92. The van der Waals surface area contributed by atoms with E-state index in [0.29, 0.717) is 26.1 Å². The molecular formula is C17H31N3O3. The highest BCUT2D eigenvalue weighted by Crippen LogP contribution is 2.30. The van der Waals surface area contributed by atoms with Crippen LogP contribution < -0.4 is 5.32 Å². The van der Waals surface area contributed by atoms with Crippen LogP contribution in [-0.2, 0) is 4.79 Å². The highest BCUT2D eigenvalue weighted by molar-refractivity contribution is 5.76. The van der Waals surface area contributed by atoms with Gasteiger partial charge in [-0.2, -0.15) is 0 Å². The molecule has 2 aliphatic rings. The lowest BCUT2D eigenvalue weighted by atomic mass is 9.88. The lowest BCUT2D eigenvalue weighted by Gasteiger charge is -2.40. The Morgan fingerprint density at radius 2 is 1.83 bits per heavy atom. The van der Waals surface area contributed by atoms with Crippen molar-refractivity contribution in [3.8, 4) is 0 Å². The summed E-state index contributed by atoms with van der Waals surface area (Å²) in [6, 6.07) is -0.110. The highest BCUT2D eigenvalue weighted by Gasteiger charge is 2.35. The number of hydrogen-bond acceptors (Lipinski definition) is 3. The van der Waals surface area contributed by atoms with Gasteiger partial charge in [-0.15, -0.1) is 0 Å². The summed E-state index contributed by atoms with van der Waals surface area (Å²) in [5.74, 6) is -1.22. The topological polar surface area (TPSA) is 72.9 Å². The van der Waals surface area contributed by atoms with Gasteiger partial charge in [-0.05, 0) is 39.8 Å². The summed E-state index contributed by atoms with van der Waals surface area (Å²) in [6.07, 6.45) is 8.61. The molecule has 1 aliphatic heterocycles. The average Bonchev–Trinajstić information content (AvgIpc) is 2.79. The predicted molar refractivity (Wildman–Crippen MR) is 89.5 cm³/mol. The van der Waals surface area contributed by atoms with Crippen LogP contribution in [0.2, 0.25) is 0 Å². The number of carboxylic acids is 1. The van der Waals surface area contributed by atoms with Crippen molar-refractivity contribution in [1.29, 1.82) is 0 Å². The number of aliphatic carboxylic acids is 1. The van der Waals surface area contributed by atoms with Crippen LogP contribution in [-0.4, -0.2) is 66.2 Å². The fourth-order valence-electron chi connectivity index (χ4n) is 3.88. The van der Waals surface area contributed by atoms with Crippen LogP contribution in [0.1, 0.15) is 51.4 Å². The minimum absolute atomic E-state index is 0.0359. The van der Waals surface area contributed by atoms with Crippen molar-refractivity contribution in [2.75, 3.05) is 33.7 Å². The molecule has 23 heavy (non-hydrogen) atoms. The van der Waals surface area contributed by atoms with Crippen LogP contribution in [0.4, 0.5) is 4.79 Å². The number of hydrogen-bond donors (Lipinski definition) is 2. The number of carbonyl (C=O) groups excluding carboxylic acids is 1. The lowest BCUT2D eigenvalue weighted by molar-refractivity contribution is -0.143. The standard InChI is InChI=1S/C17H31N3O3/c1-19(2)17(9-5-3-4-6-10-17)13-18-16(23)20-11-7-8-14(12-20)15(21)22/h14H,3-13H2,1-2H3,(H,18,23)(H,21,22). The fourth-order valence-corrected chi connectivity index (χ4v) is 3.88. The summed E-state index contributed by atoms with van der Waals surface area (Å²) >= 11 is 0. The molecule has 0 aromatic rings. The van der Waals surface area contributed by atoms with Crippen molar-refractivity contribution in [3.63, 3.8) is 0 Å². The van der Waals surface area contributed by atoms with Crippen molar-refractivity contribution in [1.82, 2.24) is 15.1 Å². The molecule has 1 saturated carbocycles. The zero-order chi connectivity index (χ0) is 16.9. The first-order chi connectivity index (χ1) is 10.9. The van der Waals surface area contributed by atoms with E-state index >= 15 is 0 Å². The zero-order valence-electron chi connectivity index (χ0n) is 14.5. The number of nitrogens with one attached hydrogen (secondary N) is 1. The summed E-state index contributed by atoms with van der Waals surface area (Å²) in [4.78, 5) is 27.5. The zero-order valence-corrected chi connectivity index (χ0v) is 14.5. The van der Waals surface area contributed by atoms with Gasteiger partial charge < -0.3 is 20.2 Å². The van der Waals surface area contributed by atoms with Gasteiger partial charge >= 0.3 is 12.0 Å². The molecule has 1 aliphatic carbocycles. The normalized spacial score (nSPS) is 25.0. The van der Waals surface area contributed by atoms with Gasteiger partial charge in [0.25, 0.3) is 0 Å². The second kappa shape index (κ2) is 7.99. The molecule has 0 radical (unpaired) electrons. The molecule has 0 aromatic heterocycles. The number of carbonyl (C=O) groups is 2. The molecule has 2 N–H and O–H groups in total. The Hall–Kier alpha value is -1.30. The Morgan fingerprint density at radius 1 is 1.17 bits per heavy atom. The van der Waals surface area contributed by atoms with Crippen LogP contribution in [0.25, 0.3) is 0 Å². The molecule has 1 saturated heterocycles. The SMILES string of the molecule is CN(C)C1(CNC(=O)N2CCCC(C(=O)O)C2)CCCCCC1. The van der Waals surface area contributed by atoms with Crippen molar-refractivity contribution >= 4 is 12.0 Å². The quantitative estimate of drug-likeness (QED) is 0.777. The molecule has 1 heterocycles. The number of carboxylic acid groups (broad SMARTS) is 1. The van der Waals surface area contributed by atoms with Gasteiger partial charge in [-0.25, -0.2) is 4.79 Å². The molecule has 0 bridgehead atoms. The maximum absolute atomic E-state index is 12.5. The van der Waals surface area contributed by atoms with Crippen LogP contribution >= 0.6 is 0 Å². The summed E-state index contributed by atoms with van der Waals surface area (Å²) in [5, 5.41) is 12.2. The number of likely N-dealkylation sites (N-methyl/N-ethyl adjacent to an activating group) is 1. The first-order valence-electron chi connectivity index (χ1n) is 8.88. The molecule has 2 rings (SSSR count). The van der Waals surface area contributed by atoms with Crippen LogP contribution in [0, 0.1) is 5.92 Å². The van der Waals surface area contributed by atoms with Gasteiger partial charge in [-0.1, -0.05) is 25.7 Å². The van der Waals surface area contributed by atoms with E-state index in [4.69, 9.17) is 5.11 Å². The van der Waals surface area contributed by atoms with Crippen LogP contribution in [0.5, 0.6) is 0 Å². The van der Waals surface area contributed by atoms with E-state index in [2.05, 4.69) is 24.3 Å². The Labute approximate surface area is 139 Å². The van der Waals surface area contributed by atoms with Crippen molar-refractivity contribution < 1.29 is 14.7 Å². The maximum atomic E-state index is 12.5. The molecule has 132 valence electrons. The van der Waals surface area contributed by atoms with E-state index in [0.717, 1.165) is 19.3 Å². The largest absolute Gasteiger partial charge is 0.481 e. The Kier molecular flexibility index (Phi) is 6.27. The lowest BCUT2D eigenvalue weighted by Crippen LogP contribution is -2.55. The molecule has 1 atom stereocenters. The monoisotopic (exact) mass is 325 g/mol. The third kappa shape index (κ3) is 4.59. The summed E-state index contributed by atoms with van der Waals surface area (Å²) in [5.41, 5.74) is 0.0359. The van der Waals surface area contributed by atoms with Crippen molar-refractivity contribution in [2.24, 2.45) is 5.92 Å². The molecular weight excluding hydrogens is 294 g/mol. The molecule has 2 amide bonds.